The Hall–Kier alpha value is -1.17. The molecule has 0 saturated carbocycles. The maximum atomic E-state index is 11.1. The van der Waals surface area contributed by atoms with E-state index in [1.165, 1.54) is 11.1 Å². The van der Waals surface area contributed by atoms with Crippen molar-refractivity contribution in [3.05, 3.63) is 28.0 Å². The monoisotopic (exact) mass is 265 g/mol. The Kier molecular flexibility index (Phi) is 4.92. The Bertz CT molecular complexity index is 404. The molecule has 1 aromatic heterocycles. The maximum absolute atomic E-state index is 11.1. The van der Waals surface area contributed by atoms with Crippen LogP contribution < -0.4 is 11.3 Å². The molecule has 2 rings (SSSR count). The molecule has 1 aromatic rings. The molecule has 2 heterocycles. The van der Waals surface area contributed by atoms with Gasteiger partial charge in [-0.25, -0.2) is 5.84 Å². The molecular weight excluding hydrogens is 246 g/mol. The zero-order chi connectivity index (χ0) is 12.8. The summed E-state index contributed by atoms with van der Waals surface area (Å²) in [5.74, 6) is 4.97. The van der Waals surface area contributed by atoms with Crippen molar-refractivity contribution in [3.63, 3.8) is 0 Å². The summed E-state index contributed by atoms with van der Waals surface area (Å²) in [7, 11) is 0. The van der Waals surface area contributed by atoms with Gasteiger partial charge in [0.25, 0.3) is 0 Å². The van der Waals surface area contributed by atoms with Crippen LogP contribution in [0, 0.1) is 0 Å². The Morgan fingerprint density at radius 2 is 2.28 bits per heavy atom. The van der Waals surface area contributed by atoms with Crippen LogP contribution in [0.15, 0.2) is 22.4 Å². The van der Waals surface area contributed by atoms with Crippen LogP contribution in [-0.2, 0) is 4.79 Å². The average molecular weight is 265 g/mol. The van der Waals surface area contributed by atoms with Crippen LogP contribution in [0.5, 0.6) is 0 Å². The molecule has 18 heavy (non-hydrogen) atoms. The lowest BCUT2D eigenvalue weighted by Crippen LogP contribution is -2.36. The summed E-state index contributed by atoms with van der Waals surface area (Å²) in [6, 6.07) is 2.15. The van der Waals surface area contributed by atoms with Crippen molar-refractivity contribution >= 4 is 23.3 Å². The first-order valence-corrected chi connectivity index (χ1v) is 7.15. The first-order valence-electron chi connectivity index (χ1n) is 6.21. The molecule has 5 heteroatoms. The number of nitrogens with two attached hydrogens (primary N) is 1. The van der Waals surface area contributed by atoms with Gasteiger partial charge in [-0.3, -0.25) is 10.2 Å². The van der Waals surface area contributed by atoms with Crippen LogP contribution in [-0.4, -0.2) is 30.4 Å². The predicted octanol–water partition coefficient (Wildman–Crippen LogP) is 1.61. The van der Waals surface area contributed by atoms with Crippen molar-refractivity contribution in [2.75, 3.05) is 19.6 Å². The molecule has 0 aliphatic carbocycles. The number of likely N-dealkylation sites (tertiary alicyclic amines) is 1. The van der Waals surface area contributed by atoms with E-state index in [9.17, 15) is 4.79 Å². The minimum Gasteiger partial charge on any atom is -0.302 e. The van der Waals surface area contributed by atoms with Gasteiger partial charge in [0.1, 0.15) is 0 Å². The second kappa shape index (κ2) is 6.68. The molecule has 4 nitrogen and oxygen atoms in total. The Morgan fingerprint density at radius 3 is 2.89 bits per heavy atom. The molecule has 1 saturated heterocycles. The number of nitrogens with one attached hydrogen (secondary N) is 1. The SMILES string of the molecule is NNC(=O)CCN1CCC(=Cc2ccsc2)CC1. The summed E-state index contributed by atoms with van der Waals surface area (Å²) < 4.78 is 0. The average Bonchev–Trinajstić information content (AvgIpc) is 2.90. The van der Waals surface area contributed by atoms with E-state index in [2.05, 4.69) is 33.2 Å². The Morgan fingerprint density at radius 1 is 1.50 bits per heavy atom. The fourth-order valence-corrected chi connectivity index (χ4v) is 2.75. The molecule has 3 N–H and O–H groups in total. The number of carbonyl (C=O) groups excluding carboxylic acids is 1. The standard InChI is InChI=1S/C13H19N3OS/c14-15-13(17)3-7-16-5-1-11(2-6-16)9-12-4-8-18-10-12/h4,8-10H,1-3,5-7,14H2,(H,15,17). The molecule has 0 bridgehead atoms. The van der Waals surface area contributed by atoms with Crippen LogP contribution in [0.2, 0.25) is 0 Å². The first-order chi connectivity index (χ1) is 8.78. The van der Waals surface area contributed by atoms with Crippen molar-refractivity contribution in [3.8, 4) is 0 Å². The number of nitrogens with zero attached hydrogens (tertiary/aromatic N) is 1. The number of piperidine rings is 1. The molecule has 1 aliphatic rings. The van der Waals surface area contributed by atoms with Gasteiger partial charge < -0.3 is 4.90 Å². The smallest absolute Gasteiger partial charge is 0.235 e. The summed E-state index contributed by atoms with van der Waals surface area (Å²) >= 11 is 1.73. The summed E-state index contributed by atoms with van der Waals surface area (Å²) in [6.07, 6.45) is 4.97. The van der Waals surface area contributed by atoms with E-state index in [1.807, 2.05) is 0 Å². The van der Waals surface area contributed by atoms with E-state index in [4.69, 9.17) is 5.84 Å². The molecule has 0 spiro atoms. The molecule has 0 aromatic carbocycles. The van der Waals surface area contributed by atoms with Gasteiger partial charge in [-0.2, -0.15) is 11.3 Å². The summed E-state index contributed by atoms with van der Waals surface area (Å²) in [5.41, 5.74) is 4.99. The van der Waals surface area contributed by atoms with Crippen LogP contribution in [0.4, 0.5) is 0 Å². The van der Waals surface area contributed by atoms with Crippen LogP contribution in [0.25, 0.3) is 6.08 Å². The fraction of sp³-hybridized carbons (Fsp3) is 0.462. The summed E-state index contributed by atoms with van der Waals surface area (Å²) in [6.45, 7) is 2.87. The molecule has 1 fully saturated rings. The highest BCUT2D eigenvalue weighted by Crippen LogP contribution is 2.20. The third-order valence-electron chi connectivity index (χ3n) is 3.23. The van der Waals surface area contributed by atoms with Crippen molar-refractivity contribution in [2.24, 2.45) is 5.84 Å². The minimum absolute atomic E-state index is 0.0883. The number of thiophene rings is 1. The van der Waals surface area contributed by atoms with Gasteiger partial charge in [-0.15, -0.1) is 0 Å². The lowest BCUT2D eigenvalue weighted by atomic mass is 10.0. The van der Waals surface area contributed by atoms with E-state index < -0.39 is 0 Å². The number of hydrazine groups is 1. The Labute approximate surface area is 111 Å². The number of amides is 1. The first kappa shape index (κ1) is 13.3. The Balaban J connectivity index is 1.76. The van der Waals surface area contributed by atoms with Crippen molar-refractivity contribution in [1.29, 1.82) is 0 Å². The highest BCUT2D eigenvalue weighted by molar-refractivity contribution is 7.08. The van der Waals surface area contributed by atoms with E-state index in [-0.39, 0.29) is 5.91 Å². The third-order valence-corrected chi connectivity index (χ3v) is 3.93. The minimum atomic E-state index is -0.0883. The van der Waals surface area contributed by atoms with E-state index in [0.717, 1.165) is 32.5 Å². The molecule has 98 valence electrons. The highest BCUT2D eigenvalue weighted by Gasteiger charge is 2.14. The van der Waals surface area contributed by atoms with Gasteiger partial charge in [0.2, 0.25) is 5.91 Å². The topological polar surface area (TPSA) is 58.4 Å². The van der Waals surface area contributed by atoms with Crippen LogP contribution in [0.3, 0.4) is 0 Å². The second-order valence-electron chi connectivity index (χ2n) is 4.52. The van der Waals surface area contributed by atoms with Crippen molar-refractivity contribution in [2.45, 2.75) is 19.3 Å². The largest absolute Gasteiger partial charge is 0.302 e. The lowest BCUT2D eigenvalue weighted by molar-refractivity contribution is -0.121. The summed E-state index contributed by atoms with van der Waals surface area (Å²) in [4.78, 5) is 13.4. The van der Waals surface area contributed by atoms with E-state index in [1.54, 1.807) is 11.3 Å². The van der Waals surface area contributed by atoms with Gasteiger partial charge in [0.15, 0.2) is 0 Å². The van der Waals surface area contributed by atoms with Crippen molar-refractivity contribution in [1.82, 2.24) is 10.3 Å². The number of carbonyl (C=O) groups is 1. The number of hydrogen-bond donors (Lipinski definition) is 2. The van der Waals surface area contributed by atoms with Gasteiger partial charge in [-0.05, 0) is 35.2 Å². The maximum Gasteiger partial charge on any atom is 0.235 e. The molecule has 1 aliphatic heterocycles. The molecular formula is C13H19N3OS. The van der Waals surface area contributed by atoms with E-state index in [0.29, 0.717) is 6.42 Å². The van der Waals surface area contributed by atoms with Crippen molar-refractivity contribution < 1.29 is 4.79 Å². The van der Waals surface area contributed by atoms with E-state index >= 15 is 0 Å². The molecule has 1 amide bonds. The number of rotatable bonds is 4. The molecule has 0 unspecified atom stereocenters. The highest BCUT2D eigenvalue weighted by atomic mass is 32.1. The molecule has 0 atom stereocenters. The van der Waals surface area contributed by atoms with Crippen LogP contribution >= 0.6 is 11.3 Å². The van der Waals surface area contributed by atoms with Gasteiger partial charge in [0, 0.05) is 26.1 Å². The quantitative estimate of drug-likeness (QED) is 0.494. The normalized spacial score (nSPS) is 16.6. The lowest BCUT2D eigenvalue weighted by Gasteiger charge is -2.27. The second-order valence-corrected chi connectivity index (χ2v) is 5.30. The van der Waals surface area contributed by atoms with Gasteiger partial charge >= 0.3 is 0 Å². The van der Waals surface area contributed by atoms with Gasteiger partial charge in [0.05, 0.1) is 0 Å². The zero-order valence-electron chi connectivity index (χ0n) is 10.4. The molecule has 0 radical (unpaired) electrons. The fourth-order valence-electron chi connectivity index (χ4n) is 2.13. The van der Waals surface area contributed by atoms with Gasteiger partial charge in [-0.1, -0.05) is 11.6 Å². The number of hydrogen-bond acceptors (Lipinski definition) is 4. The van der Waals surface area contributed by atoms with Crippen LogP contribution in [0.1, 0.15) is 24.8 Å². The summed E-state index contributed by atoms with van der Waals surface area (Å²) in [5, 5.41) is 4.28. The predicted molar refractivity (Wildman–Crippen MR) is 74.9 cm³/mol. The third kappa shape index (κ3) is 3.94. The zero-order valence-corrected chi connectivity index (χ0v) is 11.2.